The molecular weight excluding hydrogens is 426 g/mol. The lowest BCUT2D eigenvalue weighted by atomic mass is 9.87. The molecular formula is C25H29NO5S. The lowest BCUT2D eigenvalue weighted by Crippen LogP contribution is -2.22. The minimum atomic E-state index is -3.45. The van der Waals surface area contributed by atoms with E-state index in [4.69, 9.17) is 9.47 Å². The molecule has 1 fully saturated rings. The molecule has 5 rings (SSSR count). The number of Topliss-reactive ketones (excluding diaryl/α,β-unsaturated/α-hetero) is 1. The van der Waals surface area contributed by atoms with Crippen LogP contribution in [-0.2, 0) is 31.9 Å². The van der Waals surface area contributed by atoms with Gasteiger partial charge in [-0.05, 0) is 48.2 Å². The summed E-state index contributed by atoms with van der Waals surface area (Å²) < 4.78 is 36.2. The third kappa shape index (κ3) is 3.39. The molecule has 2 aromatic carbocycles. The highest BCUT2D eigenvalue weighted by atomic mass is 32.2. The minimum Gasteiger partial charge on any atom is -0.454 e. The van der Waals surface area contributed by atoms with Gasteiger partial charge in [-0.25, -0.2) is 8.42 Å². The third-order valence-corrected chi connectivity index (χ3v) is 7.68. The number of ether oxygens (including phenoxy) is 2. The summed E-state index contributed by atoms with van der Waals surface area (Å²) in [5.74, 6) is 1.53. The average Bonchev–Trinajstić information content (AvgIpc) is 3.21. The van der Waals surface area contributed by atoms with Crippen LogP contribution >= 0.6 is 0 Å². The molecule has 6 nitrogen and oxygen atoms in total. The van der Waals surface area contributed by atoms with Crippen LogP contribution < -0.4 is 9.47 Å². The first kappa shape index (κ1) is 21.1. The monoisotopic (exact) mass is 455 g/mol. The predicted molar refractivity (Wildman–Crippen MR) is 124 cm³/mol. The van der Waals surface area contributed by atoms with Crippen molar-refractivity contribution in [2.24, 2.45) is 0 Å². The molecule has 0 unspecified atom stereocenters. The summed E-state index contributed by atoms with van der Waals surface area (Å²) in [6.07, 6.45) is 3.10. The van der Waals surface area contributed by atoms with Crippen LogP contribution in [0.2, 0.25) is 0 Å². The Hall–Kier alpha value is -2.80. The highest BCUT2D eigenvalue weighted by Crippen LogP contribution is 2.51. The number of H-pyrrole nitrogens is 1. The Morgan fingerprint density at radius 3 is 2.47 bits per heavy atom. The molecule has 0 bridgehead atoms. The van der Waals surface area contributed by atoms with Gasteiger partial charge in [0.15, 0.2) is 21.3 Å². The van der Waals surface area contributed by atoms with Crippen molar-refractivity contribution in [3.05, 3.63) is 53.2 Å². The molecule has 1 N–H and O–H groups in total. The number of rotatable bonds is 5. The van der Waals surface area contributed by atoms with Gasteiger partial charge in [0, 0.05) is 36.1 Å². The largest absolute Gasteiger partial charge is 0.454 e. The number of sulfone groups is 1. The number of nitrogens with one attached hydrogen (secondary N) is 1. The van der Waals surface area contributed by atoms with Crippen LogP contribution in [0.4, 0.5) is 0 Å². The Bertz CT molecular complexity index is 1360. The van der Waals surface area contributed by atoms with E-state index in [2.05, 4.69) is 4.98 Å². The summed E-state index contributed by atoms with van der Waals surface area (Å²) in [5.41, 5.74) is 2.39. The molecule has 0 amide bonds. The quantitative estimate of drug-likeness (QED) is 0.603. The molecule has 0 saturated heterocycles. The second kappa shape index (κ2) is 6.85. The number of benzene rings is 2. The Morgan fingerprint density at radius 1 is 1.09 bits per heavy atom. The Kier molecular flexibility index (Phi) is 4.51. The summed E-state index contributed by atoms with van der Waals surface area (Å²) in [7, 11) is -3.45. The van der Waals surface area contributed by atoms with E-state index >= 15 is 0 Å². The standard InChI is InChI=1S/C25H27NO5S.H2/c1-24(2,3)23-22(32(4,28)29)17-11-15(5-7-18(17)26-23)12-21(27)25(9-10-25)16-6-8-19-20(13-16)31-14-30-19;/h5-8,11,13,26H,9-10,12,14H2,1-4H3;1H. The van der Waals surface area contributed by atoms with Crippen LogP contribution in [0.1, 0.15) is 51.9 Å². The highest BCUT2D eigenvalue weighted by Gasteiger charge is 2.50. The highest BCUT2D eigenvalue weighted by molar-refractivity contribution is 7.91. The van der Waals surface area contributed by atoms with Crippen LogP contribution in [0.3, 0.4) is 0 Å². The van der Waals surface area contributed by atoms with Crippen LogP contribution in [0.5, 0.6) is 11.5 Å². The fourth-order valence-electron chi connectivity index (χ4n) is 4.64. The SMILES string of the molecule is CC(C)(C)c1[nH]c2ccc(CC(=O)C3(c4ccc5c(c4)OCO5)CC3)cc2c1S(C)(=O)=O.[HH]. The lowest BCUT2D eigenvalue weighted by molar-refractivity contribution is -0.120. The van der Waals surface area contributed by atoms with E-state index in [0.29, 0.717) is 27.5 Å². The zero-order valence-electron chi connectivity index (χ0n) is 18.7. The zero-order chi connectivity index (χ0) is 22.9. The van der Waals surface area contributed by atoms with Crippen molar-refractivity contribution in [1.29, 1.82) is 0 Å². The van der Waals surface area contributed by atoms with Crippen molar-refractivity contribution < 1.29 is 24.1 Å². The Balaban J connectivity index is 0.00000259. The van der Waals surface area contributed by atoms with Gasteiger partial charge in [-0.2, -0.15) is 0 Å². The Morgan fingerprint density at radius 2 is 1.81 bits per heavy atom. The molecule has 1 aromatic heterocycles. The van der Waals surface area contributed by atoms with E-state index in [-0.39, 0.29) is 25.8 Å². The van der Waals surface area contributed by atoms with Gasteiger partial charge in [0.05, 0.1) is 10.3 Å². The van der Waals surface area contributed by atoms with E-state index in [1.165, 1.54) is 6.26 Å². The fraction of sp³-hybridized carbons (Fsp3) is 0.400. The molecule has 0 radical (unpaired) electrons. The second-order valence-corrected chi connectivity index (χ2v) is 11.9. The van der Waals surface area contributed by atoms with Crippen LogP contribution in [-0.4, -0.2) is 32.2 Å². The van der Waals surface area contributed by atoms with Crippen molar-refractivity contribution >= 4 is 26.5 Å². The molecule has 1 aliphatic carbocycles. The van der Waals surface area contributed by atoms with E-state index in [1.54, 1.807) is 0 Å². The van der Waals surface area contributed by atoms with Crippen molar-refractivity contribution in [2.75, 3.05) is 13.0 Å². The van der Waals surface area contributed by atoms with Gasteiger partial charge in [0.1, 0.15) is 5.78 Å². The van der Waals surface area contributed by atoms with Gasteiger partial charge in [0.25, 0.3) is 0 Å². The number of carbonyl (C=O) groups excluding carboxylic acids is 1. The molecule has 170 valence electrons. The number of hydrogen-bond acceptors (Lipinski definition) is 5. The minimum absolute atomic E-state index is 0. The molecule has 32 heavy (non-hydrogen) atoms. The van der Waals surface area contributed by atoms with Gasteiger partial charge in [-0.15, -0.1) is 0 Å². The molecule has 0 spiro atoms. The van der Waals surface area contributed by atoms with E-state index in [9.17, 15) is 13.2 Å². The van der Waals surface area contributed by atoms with Gasteiger partial charge >= 0.3 is 0 Å². The van der Waals surface area contributed by atoms with E-state index in [0.717, 1.165) is 29.5 Å². The Labute approximate surface area is 189 Å². The van der Waals surface area contributed by atoms with E-state index in [1.807, 2.05) is 57.2 Å². The molecule has 1 aliphatic heterocycles. The van der Waals surface area contributed by atoms with Crippen molar-refractivity contribution in [2.45, 2.75) is 55.8 Å². The zero-order valence-corrected chi connectivity index (χ0v) is 19.6. The first-order chi connectivity index (χ1) is 15.0. The summed E-state index contributed by atoms with van der Waals surface area (Å²) in [6, 6.07) is 11.4. The topological polar surface area (TPSA) is 85.5 Å². The number of aromatic nitrogens is 1. The molecule has 0 atom stereocenters. The summed E-state index contributed by atoms with van der Waals surface area (Å²) in [5, 5.41) is 0.649. The molecule has 2 heterocycles. The number of hydrogen-bond donors (Lipinski definition) is 1. The smallest absolute Gasteiger partial charge is 0.231 e. The average molecular weight is 456 g/mol. The summed E-state index contributed by atoms with van der Waals surface area (Å²) in [4.78, 5) is 17.0. The van der Waals surface area contributed by atoms with Crippen molar-refractivity contribution in [3.8, 4) is 11.5 Å². The van der Waals surface area contributed by atoms with Gasteiger partial charge in [-0.3, -0.25) is 4.79 Å². The number of aromatic amines is 1. The van der Waals surface area contributed by atoms with Crippen LogP contribution in [0.25, 0.3) is 10.9 Å². The van der Waals surface area contributed by atoms with Crippen molar-refractivity contribution in [3.63, 3.8) is 0 Å². The van der Waals surface area contributed by atoms with Crippen molar-refractivity contribution in [1.82, 2.24) is 4.98 Å². The number of ketones is 1. The molecule has 2 aliphatic rings. The maximum absolute atomic E-state index is 13.4. The first-order valence-electron chi connectivity index (χ1n) is 10.8. The number of fused-ring (bicyclic) bond motifs is 2. The normalized spacial score (nSPS) is 17.0. The van der Waals surface area contributed by atoms with Gasteiger partial charge < -0.3 is 14.5 Å². The van der Waals surface area contributed by atoms with Gasteiger partial charge in [-0.1, -0.05) is 32.9 Å². The summed E-state index contributed by atoms with van der Waals surface area (Å²) in [6.45, 7) is 6.16. The maximum atomic E-state index is 13.4. The third-order valence-electron chi connectivity index (χ3n) is 6.51. The fourth-order valence-corrected chi connectivity index (χ4v) is 5.94. The molecule has 3 aromatic rings. The first-order valence-corrected chi connectivity index (χ1v) is 12.7. The number of carbonyl (C=O) groups is 1. The van der Waals surface area contributed by atoms with Crippen LogP contribution in [0.15, 0.2) is 41.3 Å². The second-order valence-electron chi connectivity index (χ2n) is 9.98. The van der Waals surface area contributed by atoms with Crippen LogP contribution in [0, 0.1) is 0 Å². The van der Waals surface area contributed by atoms with E-state index < -0.39 is 15.3 Å². The predicted octanol–water partition coefficient (Wildman–Crippen LogP) is 4.69. The molecule has 7 heteroatoms. The van der Waals surface area contributed by atoms with Gasteiger partial charge in [0.2, 0.25) is 6.79 Å². The molecule has 1 saturated carbocycles. The lowest BCUT2D eigenvalue weighted by Gasteiger charge is -2.18. The summed E-state index contributed by atoms with van der Waals surface area (Å²) >= 11 is 0. The maximum Gasteiger partial charge on any atom is 0.231 e.